The number of rotatable bonds is 4. The summed E-state index contributed by atoms with van der Waals surface area (Å²) in [5, 5.41) is 2.52. The molecule has 0 heterocycles. The Hall–Kier alpha value is -1.52. The maximum Gasteiger partial charge on any atom is 0.408 e. The van der Waals surface area contributed by atoms with Crippen LogP contribution in [0.4, 0.5) is 4.79 Å². The van der Waals surface area contributed by atoms with Gasteiger partial charge in [0.05, 0.1) is 6.04 Å². The molecule has 0 aromatic rings. The molecule has 0 aliphatic carbocycles. The van der Waals surface area contributed by atoms with Gasteiger partial charge >= 0.3 is 12.1 Å². The van der Waals surface area contributed by atoms with Crippen molar-refractivity contribution in [3.05, 3.63) is 12.7 Å². The summed E-state index contributed by atoms with van der Waals surface area (Å²) < 4.78 is 9.78. The molecule has 0 aliphatic rings. The standard InChI is InChI=1S/C11H19NO4/c1-6-9(7-15-8(2)13)12-10(14)16-11(3,4)5/h6,9H,1,7H2,2-5H3,(H,12,14)/t9-/m1/s1. The molecule has 0 radical (unpaired) electrons. The molecule has 0 aliphatic heterocycles. The van der Waals surface area contributed by atoms with E-state index in [2.05, 4.69) is 11.9 Å². The molecule has 1 atom stereocenters. The minimum absolute atomic E-state index is 0.0536. The number of amides is 1. The largest absolute Gasteiger partial charge is 0.463 e. The maximum atomic E-state index is 11.4. The molecule has 5 nitrogen and oxygen atoms in total. The highest BCUT2D eigenvalue weighted by Gasteiger charge is 2.18. The molecule has 0 unspecified atom stereocenters. The van der Waals surface area contributed by atoms with Crippen LogP contribution >= 0.6 is 0 Å². The lowest BCUT2D eigenvalue weighted by Crippen LogP contribution is -2.40. The van der Waals surface area contributed by atoms with Crippen LogP contribution in [0, 0.1) is 0 Å². The van der Waals surface area contributed by atoms with E-state index < -0.39 is 23.7 Å². The zero-order valence-electron chi connectivity index (χ0n) is 10.2. The number of hydrogen-bond acceptors (Lipinski definition) is 4. The van der Waals surface area contributed by atoms with Gasteiger partial charge in [-0.05, 0) is 20.8 Å². The highest BCUT2D eigenvalue weighted by atomic mass is 16.6. The summed E-state index contributed by atoms with van der Waals surface area (Å²) in [5.74, 6) is -0.405. The van der Waals surface area contributed by atoms with Crippen LogP contribution < -0.4 is 5.32 Å². The first-order valence-corrected chi connectivity index (χ1v) is 5.00. The van der Waals surface area contributed by atoms with Crippen LogP contribution in [-0.2, 0) is 14.3 Å². The Morgan fingerprint density at radius 2 is 2.00 bits per heavy atom. The van der Waals surface area contributed by atoms with E-state index in [0.29, 0.717) is 0 Å². The number of esters is 1. The van der Waals surface area contributed by atoms with Gasteiger partial charge in [-0.2, -0.15) is 0 Å². The van der Waals surface area contributed by atoms with Crippen molar-refractivity contribution < 1.29 is 19.1 Å². The van der Waals surface area contributed by atoms with Gasteiger partial charge in [0, 0.05) is 6.92 Å². The average Bonchev–Trinajstić information content (AvgIpc) is 2.08. The maximum absolute atomic E-state index is 11.4. The van der Waals surface area contributed by atoms with Gasteiger partial charge in [0.15, 0.2) is 0 Å². The van der Waals surface area contributed by atoms with Gasteiger partial charge in [-0.25, -0.2) is 4.79 Å². The van der Waals surface area contributed by atoms with Crippen molar-refractivity contribution in [3.8, 4) is 0 Å². The molecule has 16 heavy (non-hydrogen) atoms. The van der Waals surface area contributed by atoms with Crippen LogP contribution in [0.15, 0.2) is 12.7 Å². The molecular formula is C11H19NO4. The Balaban J connectivity index is 4.07. The van der Waals surface area contributed by atoms with E-state index in [1.54, 1.807) is 20.8 Å². The van der Waals surface area contributed by atoms with E-state index in [1.807, 2.05) is 0 Å². The third kappa shape index (κ3) is 7.84. The summed E-state index contributed by atoms with van der Waals surface area (Å²) in [4.78, 5) is 21.9. The topological polar surface area (TPSA) is 64.6 Å². The molecule has 1 N–H and O–H groups in total. The summed E-state index contributed by atoms with van der Waals surface area (Å²) in [6, 6.07) is -0.446. The van der Waals surface area contributed by atoms with E-state index in [-0.39, 0.29) is 6.61 Å². The molecule has 0 fully saturated rings. The number of nitrogens with one attached hydrogen (secondary N) is 1. The zero-order valence-corrected chi connectivity index (χ0v) is 10.2. The van der Waals surface area contributed by atoms with Gasteiger partial charge < -0.3 is 14.8 Å². The normalized spacial score (nSPS) is 12.5. The summed E-state index contributed by atoms with van der Waals surface area (Å²) >= 11 is 0. The molecule has 0 aromatic carbocycles. The second-order valence-corrected chi connectivity index (χ2v) is 4.29. The Kier molecular flexibility index (Phi) is 5.56. The second-order valence-electron chi connectivity index (χ2n) is 4.29. The molecular weight excluding hydrogens is 210 g/mol. The Labute approximate surface area is 95.8 Å². The van der Waals surface area contributed by atoms with E-state index >= 15 is 0 Å². The number of hydrogen-bond donors (Lipinski definition) is 1. The first-order chi connectivity index (χ1) is 7.24. The van der Waals surface area contributed by atoms with E-state index in [0.717, 1.165) is 0 Å². The van der Waals surface area contributed by atoms with Crippen LogP contribution in [0.3, 0.4) is 0 Å². The fourth-order valence-corrected chi connectivity index (χ4v) is 0.835. The van der Waals surface area contributed by atoms with Crippen LogP contribution in [0.2, 0.25) is 0 Å². The fraction of sp³-hybridized carbons (Fsp3) is 0.636. The van der Waals surface area contributed by atoms with Crippen LogP contribution in [0.25, 0.3) is 0 Å². The van der Waals surface area contributed by atoms with Gasteiger partial charge in [-0.3, -0.25) is 4.79 Å². The number of carbonyl (C=O) groups is 2. The lowest BCUT2D eigenvalue weighted by atomic mass is 10.2. The molecule has 0 spiro atoms. The minimum atomic E-state index is -0.565. The SMILES string of the molecule is C=C[C@H](COC(C)=O)NC(=O)OC(C)(C)C. The van der Waals surface area contributed by atoms with Crippen molar-refractivity contribution in [3.63, 3.8) is 0 Å². The van der Waals surface area contributed by atoms with Crippen molar-refractivity contribution in [2.45, 2.75) is 39.3 Å². The molecule has 92 valence electrons. The van der Waals surface area contributed by atoms with E-state index in [1.165, 1.54) is 13.0 Å². The number of carbonyl (C=O) groups excluding carboxylic acids is 2. The predicted octanol–water partition coefficient (Wildman–Crippen LogP) is 1.63. The monoisotopic (exact) mass is 229 g/mol. The summed E-state index contributed by atoms with van der Waals surface area (Å²) in [5.41, 5.74) is -0.558. The molecule has 5 heteroatoms. The lowest BCUT2D eigenvalue weighted by molar-refractivity contribution is -0.141. The van der Waals surface area contributed by atoms with Crippen LogP contribution in [0.5, 0.6) is 0 Å². The summed E-state index contributed by atoms with van der Waals surface area (Å²) in [7, 11) is 0. The van der Waals surface area contributed by atoms with Crippen LogP contribution in [-0.4, -0.2) is 30.3 Å². The highest BCUT2D eigenvalue weighted by Crippen LogP contribution is 2.06. The molecule has 0 rings (SSSR count). The number of alkyl carbamates (subject to hydrolysis) is 1. The minimum Gasteiger partial charge on any atom is -0.463 e. The number of ether oxygens (including phenoxy) is 2. The van der Waals surface area contributed by atoms with Gasteiger partial charge in [-0.1, -0.05) is 6.08 Å². The van der Waals surface area contributed by atoms with Crippen molar-refractivity contribution in [1.29, 1.82) is 0 Å². The third-order valence-electron chi connectivity index (χ3n) is 1.45. The quantitative estimate of drug-likeness (QED) is 0.587. The molecule has 0 aromatic heterocycles. The smallest absolute Gasteiger partial charge is 0.408 e. The van der Waals surface area contributed by atoms with E-state index in [4.69, 9.17) is 9.47 Å². The van der Waals surface area contributed by atoms with Crippen molar-refractivity contribution >= 4 is 12.1 Å². The third-order valence-corrected chi connectivity index (χ3v) is 1.45. The first-order valence-electron chi connectivity index (χ1n) is 5.00. The molecule has 1 amide bonds. The predicted molar refractivity (Wildman–Crippen MR) is 60.0 cm³/mol. The first kappa shape index (κ1) is 14.5. The Morgan fingerprint density at radius 3 is 2.38 bits per heavy atom. The average molecular weight is 229 g/mol. The van der Waals surface area contributed by atoms with Crippen LogP contribution in [0.1, 0.15) is 27.7 Å². The van der Waals surface area contributed by atoms with Crippen molar-refractivity contribution in [2.75, 3.05) is 6.61 Å². The Bertz CT molecular complexity index is 268. The van der Waals surface area contributed by atoms with Gasteiger partial charge in [0.25, 0.3) is 0 Å². The Morgan fingerprint density at radius 1 is 1.44 bits per heavy atom. The molecule has 0 saturated heterocycles. The fourth-order valence-electron chi connectivity index (χ4n) is 0.835. The summed E-state index contributed by atoms with van der Waals surface area (Å²) in [6.07, 6.45) is 0.914. The zero-order chi connectivity index (χ0) is 12.8. The van der Waals surface area contributed by atoms with Crippen molar-refractivity contribution in [1.82, 2.24) is 5.32 Å². The van der Waals surface area contributed by atoms with Gasteiger partial charge in [0.2, 0.25) is 0 Å². The lowest BCUT2D eigenvalue weighted by Gasteiger charge is -2.22. The van der Waals surface area contributed by atoms with Gasteiger partial charge in [0.1, 0.15) is 12.2 Å². The molecule has 0 bridgehead atoms. The molecule has 0 saturated carbocycles. The van der Waals surface area contributed by atoms with Gasteiger partial charge in [-0.15, -0.1) is 6.58 Å². The van der Waals surface area contributed by atoms with Crippen molar-refractivity contribution in [2.24, 2.45) is 0 Å². The highest BCUT2D eigenvalue weighted by molar-refractivity contribution is 5.69. The van der Waals surface area contributed by atoms with E-state index in [9.17, 15) is 9.59 Å². The second kappa shape index (κ2) is 6.15. The summed E-state index contributed by atoms with van der Waals surface area (Å²) in [6.45, 7) is 10.2.